The van der Waals surface area contributed by atoms with Crippen LogP contribution in [0, 0.1) is 0 Å². The lowest BCUT2D eigenvalue weighted by Gasteiger charge is -2.03. The molecular weight excluding hydrogens is 386 g/mol. The molecule has 4 nitrogen and oxygen atoms in total. The van der Waals surface area contributed by atoms with E-state index in [1.165, 1.54) is 7.05 Å². The van der Waals surface area contributed by atoms with Gasteiger partial charge >= 0.3 is 0 Å². The fourth-order valence-corrected chi connectivity index (χ4v) is 3.41. The van der Waals surface area contributed by atoms with Gasteiger partial charge in [0, 0.05) is 7.05 Å². The van der Waals surface area contributed by atoms with E-state index in [0.717, 1.165) is 16.7 Å². The van der Waals surface area contributed by atoms with Crippen LogP contribution in [-0.2, 0) is 4.79 Å². The molecule has 7 heteroatoms. The summed E-state index contributed by atoms with van der Waals surface area (Å²) >= 11 is 7.31. The Morgan fingerprint density at radius 2 is 1.83 bits per heavy atom. The average molecular weight is 393 g/mol. The normalized spacial score (nSPS) is 17.9. The third-order valence-electron chi connectivity index (χ3n) is 2.32. The molecule has 1 aliphatic heterocycles. The summed E-state index contributed by atoms with van der Waals surface area (Å²) in [6.45, 7) is 0. The van der Waals surface area contributed by atoms with Crippen molar-refractivity contribution in [3.63, 3.8) is 0 Å². The molecule has 1 heterocycles. The summed E-state index contributed by atoms with van der Waals surface area (Å²) in [6.07, 6.45) is 1.61. The molecule has 0 saturated carbocycles. The SMILES string of the molecule is CN1C(=O)S/C(=C\c2cc(Br)c(O)c(Br)c2)C1=O. The van der Waals surface area contributed by atoms with Crippen molar-refractivity contribution in [1.29, 1.82) is 0 Å². The lowest BCUT2D eigenvalue weighted by atomic mass is 10.2. The first-order chi connectivity index (χ1) is 8.40. The Balaban J connectivity index is 2.40. The monoisotopic (exact) mass is 391 g/mol. The van der Waals surface area contributed by atoms with Crippen molar-refractivity contribution in [3.05, 3.63) is 31.5 Å². The van der Waals surface area contributed by atoms with Crippen molar-refractivity contribution in [2.24, 2.45) is 0 Å². The van der Waals surface area contributed by atoms with Crippen LogP contribution in [0.25, 0.3) is 6.08 Å². The summed E-state index contributed by atoms with van der Waals surface area (Å²) in [4.78, 5) is 24.5. The second kappa shape index (κ2) is 5.07. The minimum atomic E-state index is -0.315. The molecule has 0 unspecified atom stereocenters. The zero-order valence-electron chi connectivity index (χ0n) is 9.11. The van der Waals surface area contributed by atoms with E-state index in [2.05, 4.69) is 31.9 Å². The Kier molecular flexibility index (Phi) is 3.84. The Labute approximate surface area is 124 Å². The second-order valence-corrected chi connectivity index (χ2v) is 6.28. The highest BCUT2D eigenvalue weighted by atomic mass is 79.9. The molecule has 0 aromatic heterocycles. The van der Waals surface area contributed by atoms with Crippen molar-refractivity contribution in [2.45, 2.75) is 0 Å². The number of phenolic OH excluding ortho intramolecular Hbond substituents is 1. The summed E-state index contributed by atoms with van der Waals surface area (Å²) in [5, 5.41) is 9.29. The van der Waals surface area contributed by atoms with Gasteiger partial charge in [-0.15, -0.1) is 0 Å². The Morgan fingerprint density at radius 3 is 2.28 bits per heavy atom. The van der Waals surface area contributed by atoms with Gasteiger partial charge in [-0.3, -0.25) is 14.5 Å². The molecule has 18 heavy (non-hydrogen) atoms. The van der Waals surface area contributed by atoms with Crippen LogP contribution in [0.3, 0.4) is 0 Å². The van der Waals surface area contributed by atoms with Crippen molar-refractivity contribution in [1.82, 2.24) is 4.90 Å². The number of benzene rings is 1. The van der Waals surface area contributed by atoms with Crippen molar-refractivity contribution < 1.29 is 14.7 Å². The van der Waals surface area contributed by atoms with E-state index in [1.54, 1.807) is 18.2 Å². The van der Waals surface area contributed by atoms with E-state index in [4.69, 9.17) is 0 Å². The first-order valence-electron chi connectivity index (χ1n) is 4.79. The predicted molar refractivity (Wildman–Crippen MR) is 77.2 cm³/mol. The van der Waals surface area contributed by atoms with Gasteiger partial charge in [0.15, 0.2) is 0 Å². The van der Waals surface area contributed by atoms with Gasteiger partial charge in [-0.1, -0.05) is 0 Å². The van der Waals surface area contributed by atoms with Crippen LogP contribution in [0.1, 0.15) is 5.56 Å². The molecule has 0 radical (unpaired) electrons. The fraction of sp³-hybridized carbons (Fsp3) is 0.0909. The third kappa shape index (κ3) is 2.48. The number of likely N-dealkylation sites (N-methyl/N-ethyl adjacent to an activating group) is 1. The minimum Gasteiger partial charge on any atom is -0.506 e. The summed E-state index contributed by atoms with van der Waals surface area (Å²) < 4.78 is 1.03. The predicted octanol–water partition coefficient (Wildman–Crippen LogP) is 3.58. The molecule has 94 valence electrons. The topological polar surface area (TPSA) is 57.6 Å². The highest BCUT2D eigenvalue weighted by Crippen LogP contribution is 2.36. The number of amides is 2. The van der Waals surface area contributed by atoms with Crippen LogP contribution in [0.15, 0.2) is 26.0 Å². The van der Waals surface area contributed by atoms with E-state index in [1.807, 2.05) is 0 Å². The van der Waals surface area contributed by atoms with Crippen LogP contribution in [0.5, 0.6) is 5.75 Å². The molecule has 1 aromatic carbocycles. The smallest absolute Gasteiger partial charge is 0.293 e. The van der Waals surface area contributed by atoms with E-state index in [0.29, 0.717) is 19.4 Å². The maximum Gasteiger partial charge on any atom is 0.293 e. The number of imide groups is 1. The molecule has 1 fully saturated rings. The largest absolute Gasteiger partial charge is 0.506 e. The van der Waals surface area contributed by atoms with E-state index < -0.39 is 0 Å². The zero-order chi connectivity index (χ0) is 13.4. The molecule has 0 bridgehead atoms. The summed E-state index contributed by atoms with van der Waals surface area (Å²) in [5.41, 5.74) is 0.713. The molecular formula is C11H7Br2NO3S. The Bertz CT molecular complexity index is 563. The molecule has 1 saturated heterocycles. The van der Waals surface area contributed by atoms with Crippen LogP contribution in [0.4, 0.5) is 4.79 Å². The first-order valence-corrected chi connectivity index (χ1v) is 7.20. The molecule has 2 amide bonds. The van der Waals surface area contributed by atoms with E-state index in [-0.39, 0.29) is 16.9 Å². The van der Waals surface area contributed by atoms with Gasteiger partial charge in [-0.05, 0) is 67.4 Å². The highest BCUT2D eigenvalue weighted by molar-refractivity contribution is 9.11. The number of hydrogen-bond acceptors (Lipinski definition) is 4. The van der Waals surface area contributed by atoms with E-state index >= 15 is 0 Å². The number of carbonyl (C=O) groups excluding carboxylic acids is 2. The van der Waals surface area contributed by atoms with Crippen LogP contribution in [0.2, 0.25) is 0 Å². The number of aromatic hydroxyl groups is 1. The lowest BCUT2D eigenvalue weighted by Crippen LogP contribution is -2.22. The summed E-state index contributed by atoms with van der Waals surface area (Å²) in [7, 11) is 1.45. The van der Waals surface area contributed by atoms with Crippen LogP contribution >= 0.6 is 43.6 Å². The zero-order valence-corrected chi connectivity index (χ0v) is 13.1. The van der Waals surface area contributed by atoms with Crippen LogP contribution < -0.4 is 0 Å². The lowest BCUT2D eigenvalue weighted by molar-refractivity contribution is -0.121. The number of nitrogens with zero attached hydrogens (tertiary/aromatic N) is 1. The van der Waals surface area contributed by atoms with Gasteiger partial charge in [0.1, 0.15) is 5.75 Å². The number of carbonyl (C=O) groups is 2. The number of hydrogen-bond donors (Lipinski definition) is 1. The fourth-order valence-electron chi connectivity index (χ4n) is 1.37. The van der Waals surface area contributed by atoms with Crippen molar-refractivity contribution in [2.75, 3.05) is 7.05 Å². The quantitative estimate of drug-likeness (QED) is 0.742. The molecule has 1 aliphatic rings. The van der Waals surface area contributed by atoms with Gasteiger partial charge in [-0.2, -0.15) is 0 Å². The van der Waals surface area contributed by atoms with Crippen molar-refractivity contribution in [3.8, 4) is 5.75 Å². The van der Waals surface area contributed by atoms with E-state index in [9.17, 15) is 14.7 Å². The number of halogens is 2. The number of rotatable bonds is 1. The second-order valence-electron chi connectivity index (χ2n) is 3.57. The molecule has 2 rings (SSSR count). The molecule has 0 atom stereocenters. The average Bonchev–Trinajstić information content (AvgIpc) is 2.54. The first kappa shape index (κ1) is 13.6. The maximum absolute atomic E-state index is 11.7. The van der Waals surface area contributed by atoms with Gasteiger partial charge < -0.3 is 5.11 Å². The maximum atomic E-state index is 11.7. The molecule has 0 aliphatic carbocycles. The third-order valence-corrected chi connectivity index (χ3v) is 4.49. The minimum absolute atomic E-state index is 0.0933. The Morgan fingerprint density at radius 1 is 1.28 bits per heavy atom. The van der Waals surface area contributed by atoms with Crippen molar-refractivity contribution >= 4 is 60.8 Å². The van der Waals surface area contributed by atoms with Crippen LogP contribution in [-0.4, -0.2) is 28.2 Å². The van der Waals surface area contributed by atoms with Gasteiger partial charge in [-0.25, -0.2) is 0 Å². The number of phenols is 1. The summed E-state index contributed by atoms with van der Waals surface area (Å²) in [5.74, 6) is -0.221. The number of thioether (sulfide) groups is 1. The summed E-state index contributed by atoms with van der Waals surface area (Å²) in [6, 6.07) is 3.34. The van der Waals surface area contributed by atoms with Gasteiger partial charge in [0.25, 0.3) is 11.1 Å². The molecule has 1 N–H and O–H groups in total. The highest BCUT2D eigenvalue weighted by Gasteiger charge is 2.31. The Hall–Kier alpha value is -0.790. The standard InChI is InChI=1S/C11H7Br2NO3S/c1-14-10(16)8(18-11(14)17)4-5-2-6(12)9(15)7(13)3-5/h2-4,15H,1H3/b8-4-. The van der Waals surface area contributed by atoms with Gasteiger partial charge in [0.05, 0.1) is 13.9 Å². The molecule has 1 aromatic rings. The van der Waals surface area contributed by atoms with Gasteiger partial charge in [0.2, 0.25) is 0 Å². The molecule has 0 spiro atoms.